The first-order valence-electron chi connectivity index (χ1n) is 3.40. The Kier molecular flexibility index (Phi) is 2.88. The molecule has 13 heavy (non-hydrogen) atoms. The molecule has 0 aromatic heterocycles. The molecule has 0 aliphatic heterocycles. The third-order valence-electron chi connectivity index (χ3n) is 1.52. The van der Waals surface area contributed by atoms with Crippen LogP contribution in [0.5, 0.6) is 0 Å². The van der Waals surface area contributed by atoms with Crippen LogP contribution in [0.1, 0.15) is 5.56 Å². The van der Waals surface area contributed by atoms with Gasteiger partial charge in [-0.15, -0.1) is 0 Å². The Morgan fingerprint density at radius 2 is 2.31 bits per heavy atom. The summed E-state index contributed by atoms with van der Waals surface area (Å²) in [5, 5.41) is 10.4. The van der Waals surface area contributed by atoms with E-state index in [1.165, 1.54) is 12.1 Å². The Bertz CT molecular complexity index is 330. The first-order valence-corrected chi connectivity index (χ1v) is 3.40. The summed E-state index contributed by atoms with van der Waals surface area (Å²) < 4.78 is 13.0. The Balaban J connectivity index is 3.17. The monoisotopic (exact) mass is 186 g/mol. The second-order valence-corrected chi connectivity index (χ2v) is 2.31. The molecule has 0 radical (unpaired) electrons. The number of hydrogen-bond donors (Lipinski definition) is 1. The molecular formula is C7H7FN2O3. The van der Waals surface area contributed by atoms with Crippen LogP contribution in [0.25, 0.3) is 0 Å². The molecule has 1 rings (SSSR count). The van der Waals surface area contributed by atoms with Gasteiger partial charge in [0, 0.05) is 6.07 Å². The van der Waals surface area contributed by atoms with Crippen molar-refractivity contribution < 1.29 is 14.2 Å². The Labute approximate surface area is 73.0 Å². The van der Waals surface area contributed by atoms with E-state index in [0.717, 1.165) is 6.07 Å². The van der Waals surface area contributed by atoms with Crippen LogP contribution < -0.4 is 5.90 Å². The van der Waals surface area contributed by atoms with Gasteiger partial charge in [0.2, 0.25) is 0 Å². The molecule has 0 heterocycles. The van der Waals surface area contributed by atoms with Gasteiger partial charge in [-0.3, -0.25) is 15.0 Å². The van der Waals surface area contributed by atoms with Crippen molar-refractivity contribution in [3.8, 4) is 0 Å². The fourth-order valence-corrected chi connectivity index (χ4v) is 0.945. The summed E-state index contributed by atoms with van der Waals surface area (Å²) >= 11 is 0. The predicted molar refractivity (Wildman–Crippen MR) is 42.0 cm³/mol. The number of halogens is 1. The van der Waals surface area contributed by atoms with Gasteiger partial charge in [-0.1, -0.05) is 6.07 Å². The van der Waals surface area contributed by atoms with Crippen molar-refractivity contribution in [2.45, 2.75) is 6.61 Å². The molecule has 6 heteroatoms. The van der Waals surface area contributed by atoms with Crippen LogP contribution in [0.3, 0.4) is 0 Å². The summed E-state index contributed by atoms with van der Waals surface area (Å²) in [5.74, 6) is 4.01. The van der Waals surface area contributed by atoms with Crippen molar-refractivity contribution in [1.29, 1.82) is 0 Å². The summed E-state index contributed by atoms with van der Waals surface area (Å²) in [6.45, 7) is -0.316. The number of nitrogens with zero attached hydrogens (tertiary/aromatic N) is 1. The molecule has 1 aromatic rings. The summed E-state index contributed by atoms with van der Waals surface area (Å²) in [6, 6.07) is 3.56. The van der Waals surface area contributed by atoms with E-state index in [1.807, 2.05) is 0 Å². The highest BCUT2D eigenvalue weighted by Crippen LogP contribution is 2.21. The molecule has 0 saturated carbocycles. The van der Waals surface area contributed by atoms with Crippen LogP contribution in [0, 0.1) is 15.9 Å². The second kappa shape index (κ2) is 3.92. The number of nitro benzene ring substituents is 1. The van der Waals surface area contributed by atoms with E-state index in [1.54, 1.807) is 0 Å². The molecule has 0 atom stereocenters. The SMILES string of the molecule is NOCc1c(F)cccc1[N+](=O)[O-]. The molecule has 0 unspecified atom stereocenters. The lowest BCUT2D eigenvalue weighted by atomic mass is 10.2. The minimum atomic E-state index is -0.695. The zero-order chi connectivity index (χ0) is 9.84. The summed E-state index contributed by atoms with van der Waals surface area (Å²) in [6.07, 6.45) is 0. The van der Waals surface area contributed by atoms with Gasteiger partial charge < -0.3 is 0 Å². The number of nitro groups is 1. The van der Waals surface area contributed by atoms with E-state index in [4.69, 9.17) is 5.90 Å². The van der Waals surface area contributed by atoms with Crippen LogP contribution in [0.15, 0.2) is 18.2 Å². The van der Waals surface area contributed by atoms with Gasteiger partial charge in [0.05, 0.1) is 10.5 Å². The standard InChI is InChI=1S/C7H7FN2O3/c8-6-2-1-3-7(10(11)12)5(6)4-13-9/h1-3H,4,9H2. The van der Waals surface area contributed by atoms with Crippen molar-refractivity contribution in [2.24, 2.45) is 5.90 Å². The van der Waals surface area contributed by atoms with Crippen molar-refractivity contribution in [3.63, 3.8) is 0 Å². The Morgan fingerprint density at radius 3 is 2.85 bits per heavy atom. The maximum absolute atomic E-state index is 13.0. The van der Waals surface area contributed by atoms with E-state index in [-0.39, 0.29) is 17.9 Å². The first kappa shape index (κ1) is 9.56. The molecule has 0 aliphatic carbocycles. The smallest absolute Gasteiger partial charge is 0.277 e. The Hall–Kier alpha value is -1.53. The van der Waals surface area contributed by atoms with Crippen molar-refractivity contribution in [2.75, 3.05) is 0 Å². The lowest BCUT2D eigenvalue weighted by molar-refractivity contribution is -0.386. The topological polar surface area (TPSA) is 78.4 Å². The molecular weight excluding hydrogens is 179 g/mol. The van der Waals surface area contributed by atoms with E-state index in [9.17, 15) is 14.5 Å². The zero-order valence-electron chi connectivity index (χ0n) is 6.57. The molecule has 0 bridgehead atoms. The van der Waals surface area contributed by atoms with E-state index in [0.29, 0.717) is 0 Å². The van der Waals surface area contributed by atoms with Crippen molar-refractivity contribution in [3.05, 3.63) is 39.7 Å². The maximum Gasteiger partial charge on any atom is 0.277 e. The van der Waals surface area contributed by atoms with Crippen molar-refractivity contribution in [1.82, 2.24) is 0 Å². The fraction of sp³-hybridized carbons (Fsp3) is 0.143. The lowest BCUT2D eigenvalue weighted by Crippen LogP contribution is -2.04. The van der Waals surface area contributed by atoms with Gasteiger partial charge in [0.15, 0.2) is 0 Å². The molecule has 70 valence electrons. The number of hydrogen-bond acceptors (Lipinski definition) is 4. The zero-order valence-corrected chi connectivity index (χ0v) is 6.57. The molecule has 0 amide bonds. The van der Waals surface area contributed by atoms with Crippen LogP contribution >= 0.6 is 0 Å². The van der Waals surface area contributed by atoms with Gasteiger partial charge in [0.1, 0.15) is 12.4 Å². The van der Waals surface area contributed by atoms with Gasteiger partial charge in [-0.2, -0.15) is 0 Å². The van der Waals surface area contributed by atoms with Crippen LogP contribution in [-0.2, 0) is 11.4 Å². The second-order valence-electron chi connectivity index (χ2n) is 2.31. The fourth-order valence-electron chi connectivity index (χ4n) is 0.945. The van der Waals surface area contributed by atoms with E-state index in [2.05, 4.69) is 4.84 Å². The van der Waals surface area contributed by atoms with Crippen molar-refractivity contribution >= 4 is 5.69 Å². The van der Waals surface area contributed by atoms with Gasteiger partial charge in [-0.05, 0) is 6.07 Å². The molecule has 0 aliphatic rings. The van der Waals surface area contributed by atoms with Gasteiger partial charge in [-0.25, -0.2) is 10.3 Å². The molecule has 2 N–H and O–H groups in total. The van der Waals surface area contributed by atoms with Crippen LogP contribution in [0.2, 0.25) is 0 Å². The number of rotatable bonds is 3. The molecule has 1 aromatic carbocycles. The van der Waals surface area contributed by atoms with Crippen LogP contribution in [0.4, 0.5) is 10.1 Å². The minimum absolute atomic E-state index is 0.144. The quantitative estimate of drug-likeness (QED) is 0.566. The number of benzene rings is 1. The molecule has 0 fully saturated rings. The highest BCUT2D eigenvalue weighted by atomic mass is 19.1. The highest BCUT2D eigenvalue weighted by Gasteiger charge is 2.16. The number of nitrogens with two attached hydrogens (primary N) is 1. The third-order valence-corrected chi connectivity index (χ3v) is 1.52. The first-order chi connectivity index (χ1) is 6.16. The normalized spacial score (nSPS) is 10.0. The summed E-state index contributed by atoms with van der Waals surface area (Å²) in [4.78, 5) is 13.9. The molecule has 0 saturated heterocycles. The molecule has 0 spiro atoms. The average Bonchev–Trinajstić information content (AvgIpc) is 2.08. The van der Waals surface area contributed by atoms with E-state index >= 15 is 0 Å². The Morgan fingerprint density at radius 1 is 1.62 bits per heavy atom. The predicted octanol–water partition coefficient (Wildman–Crippen LogP) is 1.12. The minimum Gasteiger partial charge on any atom is -0.299 e. The van der Waals surface area contributed by atoms with E-state index < -0.39 is 10.7 Å². The maximum atomic E-state index is 13.0. The third kappa shape index (κ3) is 1.98. The average molecular weight is 186 g/mol. The largest absolute Gasteiger partial charge is 0.299 e. The molecule has 5 nitrogen and oxygen atoms in total. The van der Waals surface area contributed by atoms with Gasteiger partial charge >= 0.3 is 0 Å². The summed E-state index contributed by atoms with van der Waals surface area (Å²) in [5.41, 5.74) is -0.472. The summed E-state index contributed by atoms with van der Waals surface area (Å²) in [7, 11) is 0. The van der Waals surface area contributed by atoms with Gasteiger partial charge in [0.25, 0.3) is 5.69 Å². The highest BCUT2D eigenvalue weighted by molar-refractivity contribution is 5.40. The lowest BCUT2D eigenvalue weighted by Gasteiger charge is -2.01. The van der Waals surface area contributed by atoms with Crippen LogP contribution in [-0.4, -0.2) is 4.92 Å².